The van der Waals surface area contributed by atoms with E-state index in [-0.39, 0.29) is 0 Å². The molecule has 0 aromatic heterocycles. The SMILES string of the molecule is COc1ccc(N2CCN3CCCC3C2)cc1OC. The zero-order chi connectivity index (χ0) is 13.2. The summed E-state index contributed by atoms with van der Waals surface area (Å²) in [6.07, 6.45) is 2.69. The molecule has 0 radical (unpaired) electrons. The van der Waals surface area contributed by atoms with Crippen molar-refractivity contribution >= 4 is 5.69 Å². The molecule has 2 saturated heterocycles. The van der Waals surface area contributed by atoms with Crippen molar-refractivity contribution in [2.24, 2.45) is 0 Å². The van der Waals surface area contributed by atoms with Crippen LogP contribution in [0.25, 0.3) is 0 Å². The molecule has 2 heterocycles. The summed E-state index contributed by atoms with van der Waals surface area (Å²) in [5.74, 6) is 1.61. The van der Waals surface area contributed by atoms with Crippen LogP contribution in [0.4, 0.5) is 5.69 Å². The Balaban J connectivity index is 1.78. The van der Waals surface area contributed by atoms with E-state index in [1.54, 1.807) is 14.2 Å². The number of benzene rings is 1. The monoisotopic (exact) mass is 262 g/mol. The van der Waals surface area contributed by atoms with Gasteiger partial charge < -0.3 is 14.4 Å². The van der Waals surface area contributed by atoms with E-state index < -0.39 is 0 Å². The zero-order valence-corrected chi connectivity index (χ0v) is 11.8. The van der Waals surface area contributed by atoms with E-state index in [2.05, 4.69) is 21.9 Å². The Labute approximate surface area is 114 Å². The highest BCUT2D eigenvalue weighted by molar-refractivity contribution is 5.56. The minimum absolute atomic E-state index is 0.738. The summed E-state index contributed by atoms with van der Waals surface area (Å²) >= 11 is 0. The van der Waals surface area contributed by atoms with Crippen LogP contribution in [0.5, 0.6) is 11.5 Å². The largest absolute Gasteiger partial charge is 0.493 e. The van der Waals surface area contributed by atoms with Gasteiger partial charge in [-0.1, -0.05) is 0 Å². The fourth-order valence-electron chi connectivity index (χ4n) is 3.25. The van der Waals surface area contributed by atoms with E-state index in [0.29, 0.717) is 0 Å². The first-order valence-corrected chi connectivity index (χ1v) is 7.03. The molecule has 3 rings (SSSR count). The highest BCUT2D eigenvalue weighted by Gasteiger charge is 2.30. The highest BCUT2D eigenvalue weighted by Crippen LogP contribution is 2.33. The van der Waals surface area contributed by atoms with Gasteiger partial charge in [-0.15, -0.1) is 0 Å². The average Bonchev–Trinajstić information content (AvgIpc) is 2.93. The van der Waals surface area contributed by atoms with Crippen molar-refractivity contribution in [1.29, 1.82) is 0 Å². The van der Waals surface area contributed by atoms with Crippen molar-refractivity contribution < 1.29 is 9.47 Å². The first-order valence-electron chi connectivity index (χ1n) is 7.03. The molecule has 0 spiro atoms. The number of anilines is 1. The lowest BCUT2D eigenvalue weighted by atomic mass is 10.1. The minimum Gasteiger partial charge on any atom is -0.493 e. The molecule has 1 atom stereocenters. The molecule has 1 unspecified atom stereocenters. The predicted molar refractivity (Wildman–Crippen MR) is 76.4 cm³/mol. The molecule has 2 aliphatic heterocycles. The second-order valence-corrected chi connectivity index (χ2v) is 5.32. The molecule has 2 aliphatic rings. The lowest BCUT2D eigenvalue weighted by molar-refractivity contribution is 0.231. The van der Waals surface area contributed by atoms with Gasteiger partial charge in [0.2, 0.25) is 0 Å². The van der Waals surface area contributed by atoms with Gasteiger partial charge in [0.25, 0.3) is 0 Å². The number of ether oxygens (including phenoxy) is 2. The zero-order valence-electron chi connectivity index (χ0n) is 11.8. The van der Waals surface area contributed by atoms with E-state index >= 15 is 0 Å². The summed E-state index contributed by atoms with van der Waals surface area (Å²) in [6.45, 7) is 4.70. The van der Waals surface area contributed by atoms with Crippen LogP contribution in [0.3, 0.4) is 0 Å². The van der Waals surface area contributed by atoms with Gasteiger partial charge >= 0.3 is 0 Å². The summed E-state index contributed by atoms with van der Waals surface area (Å²) in [5.41, 5.74) is 1.24. The summed E-state index contributed by atoms with van der Waals surface area (Å²) in [5, 5.41) is 0. The molecule has 1 aromatic rings. The number of hydrogen-bond acceptors (Lipinski definition) is 4. The van der Waals surface area contributed by atoms with Gasteiger partial charge in [0.15, 0.2) is 11.5 Å². The molecule has 104 valence electrons. The van der Waals surface area contributed by atoms with Crippen LogP contribution in [-0.2, 0) is 0 Å². The molecule has 0 bridgehead atoms. The lowest BCUT2D eigenvalue weighted by Gasteiger charge is -2.39. The molecule has 0 aliphatic carbocycles. The number of hydrogen-bond donors (Lipinski definition) is 0. The molecule has 0 N–H and O–H groups in total. The maximum absolute atomic E-state index is 5.39. The van der Waals surface area contributed by atoms with E-state index in [1.807, 2.05) is 6.07 Å². The summed E-state index contributed by atoms with van der Waals surface area (Å²) in [4.78, 5) is 5.09. The molecule has 1 aromatic carbocycles. The third-order valence-electron chi connectivity index (χ3n) is 4.32. The number of methoxy groups -OCH3 is 2. The number of rotatable bonds is 3. The van der Waals surface area contributed by atoms with Gasteiger partial charge in [-0.2, -0.15) is 0 Å². The van der Waals surface area contributed by atoms with E-state index in [4.69, 9.17) is 9.47 Å². The molecule has 0 saturated carbocycles. The second-order valence-electron chi connectivity index (χ2n) is 5.32. The average molecular weight is 262 g/mol. The summed E-state index contributed by atoms with van der Waals surface area (Å²) in [7, 11) is 3.37. The number of piperazine rings is 1. The van der Waals surface area contributed by atoms with Gasteiger partial charge in [0, 0.05) is 37.4 Å². The van der Waals surface area contributed by atoms with Crippen LogP contribution in [0, 0.1) is 0 Å². The third-order valence-corrected chi connectivity index (χ3v) is 4.32. The fraction of sp³-hybridized carbons (Fsp3) is 0.600. The molecular formula is C15H22N2O2. The standard InChI is InChI=1S/C15H22N2O2/c1-18-14-6-5-12(10-15(14)19-2)17-9-8-16-7-3-4-13(16)11-17/h5-6,10,13H,3-4,7-9,11H2,1-2H3. The molecule has 4 nitrogen and oxygen atoms in total. The summed E-state index contributed by atoms with van der Waals surface area (Å²) < 4.78 is 10.7. The maximum atomic E-state index is 5.39. The van der Waals surface area contributed by atoms with Crippen LogP contribution < -0.4 is 14.4 Å². The Morgan fingerprint density at radius 3 is 2.68 bits per heavy atom. The maximum Gasteiger partial charge on any atom is 0.162 e. The van der Waals surface area contributed by atoms with Crippen LogP contribution in [0.15, 0.2) is 18.2 Å². The first-order chi connectivity index (χ1) is 9.31. The summed E-state index contributed by atoms with van der Waals surface area (Å²) in [6, 6.07) is 6.95. The van der Waals surface area contributed by atoms with E-state index in [1.165, 1.54) is 31.6 Å². The Hall–Kier alpha value is -1.42. The topological polar surface area (TPSA) is 24.9 Å². The highest BCUT2D eigenvalue weighted by atomic mass is 16.5. The molecule has 19 heavy (non-hydrogen) atoms. The van der Waals surface area contributed by atoms with Crippen molar-refractivity contribution in [2.45, 2.75) is 18.9 Å². The molecule has 4 heteroatoms. The van der Waals surface area contributed by atoms with Gasteiger partial charge in [0.05, 0.1) is 14.2 Å². The first kappa shape index (κ1) is 12.6. The van der Waals surface area contributed by atoms with Crippen molar-refractivity contribution in [3.8, 4) is 11.5 Å². The van der Waals surface area contributed by atoms with E-state index in [9.17, 15) is 0 Å². The number of nitrogens with zero attached hydrogens (tertiary/aromatic N) is 2. The Kier molecular flexibility index (Phi) is 3.51. The van der Waals surface area contributed by atoms with Gasteiger partial charge in [-0.05, 0) is 31.5 Å². The van der Waals surface area contributed by atoms with Crippen LogP contribution in [0.1, 0.15) is 12.8 Å². The Morgan fingerprint density at radius 1 is 1.05 bits per heavy atom. The lowest BCUT2D eigenvalue weighted by Crippen LogP contribution is -2.50. The normalized spacial score (nSPS) is 23.3. The van der Waals surface area contributed by atoms with E-state index in [0.717, 1.165) is 30.6 Å². The Morgan fingerprint density at radius 2 is 1.89 bits per heavy atom. The van der Waals surface area contributed by atoms with Crippen LogP contribution >= 0.6 is 0 Å². The van der Waals surface area contributed by atoms with Crippen molar-refractivity contribution in [3.05, 3.63) is 18.2 Å². The van der Waals surface area contributed by atoms with Crippen molar-refractivity contribution in [2.75, 3.05) is 45.3 Å². The molecule has 0 amide bonds. The van der Waals surface area contributed by atoms with Gasteiger partial charge in [0.1, 0.15) is 0 Å². The van der Waals surface area contributed by atoms with Gasteiger partial charge in [-0.25, -0.2) is 0 Å². The molecular weight excluding hydrogens is 240 g/mol. The number of fused-ring (bicyclic) bond motifs is 1. The van der Waals surface area contributed by atoms with Crippen molar-refractivity contribution in [1.82, 2.24) is 4.90 Å². The molecule has 2 fully saturated rings. The Bertz CT molecular complexity index is 450. The smallest absolute Gasteiger partial charge is 0.162 e. The third kappa shape index (κ3) is 2.37. The quantitative estimate of drug-likeness (QED) is 0.831. The van der Waals surface area contributed by atoms with Crippen LogP contribution in [-0.4, -0.2) is 51.3 Å². The fourth-order valence-corrected chi connectivity index (χ4v) is 3.25. The minimum atomic E-state index is 0.738. The van der Waals surface area contributed by atoms with Crippen molar-refractivity contribution in [3.63, 3.8) is 0 Å². The van der Waals surface area contributed by atoms with Crippen LogP contribution in [0.2, 0.25) is 0 Å². The second kappa shape index (κ2) is 5.29. The van der Waals surface area contributed by atoms with Gasteiger partial charge in [-0.3, -0.25) is 4.90 Å². The predicted octanol–water partition coefficient (Wildman–Crippen LogP) is 1.99.